The number of benzene rings is 2. The fraction of sp³-hybridized carbons (Fsp3) is 0.208. The van der Waals surface area contributed by atoms with E-state index >= 15 is 0 Å². The van der Waals surface area contributed by atoms with Crippen LogP contribution in [0.25, 0.3) is 0 Å². The minimum atomic E-state index is -0.579. The van der Waals surface area contributed by atoms with Crippen LogP contribution in [0.2, 0.25) is 0 Å². The molecule has 152 valence electrons. The molecule has 1 aromatic heterocycles. The maximum Gasteiger partial charge on any atom is 0.261 e. The zero-order valence-electron chi connectivity index (χ0n) is 16.6. The molecule has 3 aromatic rings. The van der Waals surface area contributed by atoms with Crippen LogP contribution < -0.4 is 15.6 Å². The molecule has 0 radical (unpaired) electrons. The van der Waals surface area contributed by atoms with Gasteiger partial charge < -0.3 is 15.0 Å². The number of fused-ring (bicyclic) bond motifs is 1. The van der Waals surface area contributed by atoms with Gasteiger partial charge in [-0.05, 0) is 43.0 Å². The van der Waals surface area contributed by atoms with Gasteiger partial charge in [-0.15, -0.1) is 0 Å². The minimum Gasteiger partial charge on any atom is -0.492 e. The number of pyridine rings is 1. The average molecular weight is 402 g/mol. The molecule has 1 aliphatic rings. The van der Waals surface area contributed by atoms with Crippen molar-refractivity contribution in [1.29, 1.82) is 0 Å². The molecule has 0 saturated heterocycles. The molecule has 4 rings (SSSR count). The number of para-hydroxylation sites is 2. The van der Waals surface area contributed by atoms with Gasteiger partial charge in [0.15, 0.2) is 5.78 Å². The molecular weight excluding hydrogens is 380 g/mol. The van der Waals surface area contributed by atoms with E-state index < -0.39 is 11.5 Å². The lowest BCUT2D eigenvalue weighted by atomic mass is 9.81. The SMILES string of the molecule is CCOc1ccccc1NC(=O)c1cc2c([nH]c1=O)C[C@H](c1ccccc1)CC2=O. The van der Waals surface area contributed by atoms with Crippen molar-refractivity contribution in [2.45, 2.75) is 25.7 Å². The number of aromatic nitrogens is 1. The summed E-state index contributed by atoms with van der Waals surface area (Å²) in [5.74, 6) is -0.126. The van der Waals surface area contributed by atoms with Crippen LogP contribution in [0.5, 0.6) is 5.75 Å². The van der Waals surface area contributed by atoms with Crippen molar-refractivity contribution in [2.24, 2.45) is 0 Å². The maximum absolute atomic E-state index is 12.8. The fourth-order valence-electron chi connectivity index (χ4n) is 3.80. The van der Waals surface area contributed by atoms with E-state index in [1.54, 1.807) is 24.3 Å². The van der Waals surface area contributed by atoms with Gasteiger partial charge in [-0.1, -0.05) is 42.5 Å². The Labute approximate surface area is 173 Å². The minimum absolute atomic E-state index is 0.0135. The van der Waals surface area contributed by atoms with E-state index in [0.717, 1.165) is 5.56 Å². The molecule has 6 nitrogen and oxygen atoms in total. The number of H-pyrrole nitrogens is 1. The summed E-state index contributed by atoms with van der Waals surface area (Å²) < 4.78 is 5.51. The normalized spacial score (nSPS) is 15.4. The molecule has 0 spiro atoms. The van der Waals surface area contributed by atoms with E-state index in [9.17, 15) is 14.4 Å². The van der Waals surface area contributed by atoms with E-state index in [0.29, 0.717) is 42.1 Å². The quantitative estimate of drug-likeness (QED) is 0.677. The lowest BCUT2D eigenvalue weighted by Gasteiger charge is -2.24. The highest BCUT2D eigenvalue weighted by molar-refractivity contribution is 6.07. The van der Waals surface area contributed by atoms with Crippen LogP contribution in [-0.2, 0) is 6.42 Å². The number of carbonyl (C=O) groups is 2. The number of hydrogen-bond donors (Lipinski definition) is 2. The van der Waals surface area contributed by atoms with E-state index in [1.165, 1.54) is 6.07 Å². The fourth-order valence-corrected chi connectivity index (χ4v) is 3.80. The number of carbonyl (C=O) groups excluding carboxylic acids is 2. The molecule has 6 heteroatoms. The van der Waals surface area contributed by atoms with Crippen molar-refractivity contribution < 1.29 is 14.3 Å². The first kappa shape index (κ1) is 19.6. The summed E-state index contributed by atoms with van der Waals surface area (Å²) in [6.07, 6.45) is 0.896. The Balaban J connectivity index is 1.62. The van der Waals surface area contributed by atoms with Gasteiger partial charge in [-0.2, -0.15) is 0 Å². The lowest BCUT2D eigenvalue weighted by Crippen LogP contribution is -2.29. The number of ketones is 1. The van der Waals surface area contributed by atoms with E-state index in [1.807, 2.05) is 37.3 Å². The smallest absolute Gasteiger partial charge is 0.261 e. The van der Waals surface area contributed by atoms with E-state index in [-0.39, 0.29) is 17.3 Å². The molecule has 1 heterocycles. The van der Waals surface area contributed by atoms with Gasteiger partial charge in [0, 0.05) is 17.7 Å². The molecule has 2 N–H and O–H groups in total. The highest BCUT2D eigenvalue weighted by Crippen LogP contribution is 2.31. The summed E-state index contributed by atoms with van der Waals surface area (Å²) in [5, 5.41) is 2.71. The van der Waals surface area contributed by atoms with Crippen LogP contribution >= 0.6 is 0 Å². The standard InChI is InChI=1S/C24H22N2O4/c1-2-30-22-11-7-6-10-19(22)25-23(28)18-14-17-20(26-24(18)29)12-16(13-21(17)27)15-8-4-3-5-9-15/h3-11,14,16H,2,12-13H2,1H3,(H,25,28)(H,26,29)/t16-/m0/s1. The first-order chi connectivity index (χ1) is 14.6. The van der Waals surface area contributed by atoms with E-state index in [4.69, 9.17) is 4.74 Å². The molecule has 2 aromatic carbocycles. The second-order valence-electron chi connectivity index (χ2n) is 7.23. The molecule has 1 aliphatic carbocycles. The number of anilines is 1. The molecular formula is C24H22N2O4. The maximum atomic E-state index is 12.8. The lowest BCUT2D eigenvalue weighted by molar-refractivity contribution is 0.0963. The van der Waals surface area contributed by atoms with Gasteiger partial charge in [0.05, 0.1) is 12.3 Å². The number of rotatable bonds is 5. The molecule has 0 fully saturated rings. The van der Waals surface area contributed by atoms with Crippen LogP contribution in [-0.4, -0.2) is 23.3 Å². The molecule has 30 heavy (non-hydrogen) atoms. The highest BCUT2D eigenvalue weighted by Gasteiger charge is 2.29. The Kier molecular flexibility index (Phi) is 5.48. The Morgan fingerprint density at radius 2 is 1.80 bits per heavy atom. The monoisotopic (exact) mass is 402 g/mol. The van der Waals surface area contributed by atoms with Crippen molar-refractivity contribution in [3.63, 3.8) is 0 Å². The number of amides is 1. The largest absolute Gasteiger partial charge is 0.492 e. The predicted molar refractivity (Wildman–Crippen MR) is 114 cm³/mol. The Bertz CT molecular complexity index is 1150. The predicted octanol–water partition coefficient (Wildman–Crippen LogP) is 3.94. The van der Waals surface area contributed by atoms with Gasteiger partial charge >= 0.3 is 0 Å². The van der Waals surface area contributed by atoms with Crippen molar-refractivity contribution >= 4 is 17.4 Å². The summed E-state index contributed by atoms with van der Waals surface area (Å²) in [6.45, 7) is 2.30. The van der Waals surface area contributed by atoms with E-state index in [2.05, 4.69) is 10.3 Å². The van der Waals surface area contributed by atoms with Gasteiger partial charge in [-0.3, -0.25) is 14.4 Å². The zero-order valence-corrected chi connectivity index (χ0v) is 16.6. The van der Waals surface area contributed by atoms with Crippen molar-refractivity contribution in [3.8, 4) is 5.75 Å². The summed E-state index contributed by atoms with van der Waals surface area (Å²) in [5.41, 5.74) is 1.92. The summed E-state index contributed by atoms with van der Waals surface area (Å²) >= 11 is 0. The number of aromatic amines is 1. The van der Waals surface area contributed by atoms with Crippen LogP contribution in [0.3, 0.4) is 0 Å². The summed E-state index contributed by atoms with van der Waals surface area (Å²) in [7, 11) is 0. The van der Waals surface area contributed by atoms with Crippen LogP contribution in [0.1, 0.15) is 51.2 Å². The van der Waals surface area contributed by atoms with Crippen molar-refractivity contribution in [3.05, 3.63) is 93.4 Å². The Morgan fingerprint density at radius 3 is 2.57 bits per heavy atom. The van der Waals surface area contributed by atoms with Crippen molar-refractivity contribution in [1.82, 2.24) is 4.98 Å². The third kappa shape index (κ3) is 3.89. The molecule has 0 bridgehead atoms. The zero-order chi connectivity index (χ0) is 21.1. The third-order valence-corrected chi connectivity index (χ3v) is 5.26. The first-order valence-electron chi connectivity index (χ1n) is 9.94. The molecule has 0 unspecified atom stereocenters. The van der Waals surface area contributed by atoms with Crippen LogP contribution in [0.15, 0.2) is 65.5 Å². The Morgan fingerprint density at radius 1 is 1.07 bits per heavy atom. The summed E-state index contributed by atoms with van der Waals surface area (Å²) in [6, 6.07) is 18.2. The third-order valence-electron chi connectivity index (χ3n) is 5.26. The first-order valence-corrected chi connectivity index (χ1v) is 9.94. The number of hydrogen-bond acceptors (Lipinski definition) is 4. The number of Topliss-reactive ketones (excluding diaryl/α,β-unsaturated/α-hetero) is 1. The number of nitrogens with one attached hydrogen (secondary N) is 2. The van der Waals surface area contributed by atoms with Gasteiger partial charge in [0.2, 0.25) is 0 Å². The van der Waals surface area contributed by atoms with Gasteiger partial charge in [-0.25, -0.2) is 0 Å². The van der Waals surface area contributed by atoms with Crippen LogP contribution in [0, 0.1) is 0 Å². The topological polar surface area (TPSA) is 88.3 Å². The second-order valence-corrected chi connectivity index (χ2v) is 7.23. The number of ether oxygens (including phenoxy) is 1. The molecule has 1 atom stereocenters. The van der Waals surface area contributed by atoms with Crippen molar-refractivity contribution in [2.75, 3.05) is 11.9 Å². The highest BCUT2D eigenvalue weighted by atomic mass is 16.5. The second kappa shape index (κ2) is 8.37. The molecule has 0 saturated carbocycles. The van der Waals surface area contributed by atoms with Crippen LogP contribution in [0.4, 0.5) is 5.69 Å². The van der Waals surface area contributed by atoms with Gasteiger partial charge in [0.25, 0.3) is 11.5 Å². The average Bonchev–Trinajstić information content (AvgIpc) is 2.75. The van der Waals surface area contributed by atoms with Gasteiger partial charge in [0.1, 0.15) is 11.3 Å². The Hall–Kier alpha value is -3.67. The summed E-state index contributed by atoms with van der Waals surface area (Å²) in [4.78, 5) is 40.9. The molecule has 0 aliphatic heterocycles. The molecule has 1 amide bonds.